The van der Waals surface area contributed by atoms with Gasteiger partial charge in [0.1, 0.15) is 6.61 Å². The van der Waals surface area contributed by atoms with Crippen LogP contribution in [0.2, 0.25) is 0 Å². The van der Waals surface area contributed by atoms with Crippen molar-refractivity contribution in [2.45, 2.75) is 594 Å². The molecule has 842 valence electrons. The molecule has 2 N–H and O–H groups in total. The van der Waals surface area contributed by atoms with Gasteiger partial charge in [-0.3, -0.25) is 9.59 Å². The lowest BCUT2D eigenvalue weighted by molar-refractivity contribution is 0.0472. The fourth-order valence-corrected chi connectivity index (χ4v) is 21.1. The summed E-state index contributed by atoms with van der Waals surface area (Å²) in [7, 11) is 0. The van der Waals surface area contributed by atoms with Gasteiger partial charge < -0.3 is 43.8 Å². The molecule has 0 aliphatic carbocycles. The Balaban J connectivity index is 1.37. The first kappa shape index (κ1) is 130. The van der Waals surface area contributed by atoms with Crippen molar-refractivity contribution in [2.24, 2.45) is 0 Å². The van der Waals surface area contributed by atoms with Crippen LogP contribution in [-0.4, -0.2) is 57.4 Å². The van der Waals surface area contributed by atoms with E-state index in [0.717, 1.165) is 131 Å². The van der Waals surface area contributed by atoms with Gasteiger partial charge in [0.25, 0.3) is 11.8 Å². The maximum Gasteiger partial charge on any atom is 0.338 e. The van der Waals surface area contributed by atoms with Crippen LogP contribution in [0.4, 0.5) is 11.4 Å². The summed E-state index contributed by atoms with van der Waals surface area (Å²) in [5.41, 5.74) is 6.86. The van der Waals surface area contributed by atoms with Crippen molar-refractivity contribution in [1.29, 1.82) is 0 Å². The van der Waals surface area contributed by atoms with Crippen molar-refractivity contribution in [1.82, 2.24) is 0 Å². The van der Waals surface area contributed by atoms with Crippen molar-refractivity contribution < 1.29 is 47.5 Å². The first-order chi connectivity index (χ1) is 73.6. The van der Waals surface area contributed by atoms with Crippen LogP contribution in [0, 0.1) is 6.92 Å². The van der Waals surface area contributed by atoms with Gasteiger partial charge in [0.05, 0.1) is 45.2 Å². The molecule has 6 aromatic carbocycles. The number of esters is 1. The van der Waals surface area contributed by atoms with Gasteiger partial charge >= 0.3 is 5.97 Å². The number of carbonyl (C=O) groups is 3. The molecule has 149 heavy (non-hydrogen) atoms. The number of hydrogen-bond donors (Lipinski definition) is 2. The monoisotopic (exact) mass is 2060 g/mol. The van der Waals surface area contributed by atoms with Crippen LogP contribution >= 0.6 is 0 Å². The highest BCUT2D eigenvalue weighted by Crippen LogP contribution is 2.44. The van der Waals surface area contributed by atoms with E-state index in [4.69, 9.17) is 33.2 Å². The molecule has 0 aromatic heterocycles. The van der Waals surface area contributed by atoms with E-state index in [1.807, 2.05) is 67.6 Å². The van der Waals surface area contributed by atoms with Gasteiger partial charge in [-0.2, -0.15) is 0 Å². The van der Waals surface area contributed by atoms with Crippen LogP contribution in [0.1, 0.15) is 623 Å². The highest BCUT2D eigenvalue weighted by atomic mass is 16.6. The molecule has 0 aliphatic rings. The van der Waals surface area contributed by atoms with E-state index in [1.165, 1.54) is 437 Å². The van der Waals surface area contributed by atoms with E-state index in [9.17, 15) is 0 Å². The van der Waals surface area contributed by atoms with Crippen LogP contribution in [0.5, 0.6) is 34.5 Å². The van der Waals surface area contributed by atoms with E-state index in [1.54, 1.807) is 12.1 Å². The lowest BCUT2D eigenvalue weighted by Gasteiger charge is -2.20. The summed E-state index contributed by atoms with van der Waals surface area (Å²) in [6, 6.07) is 37.6. The summed E-state index contributed by atoms with van der Waals surface area (Å²) in [5, 5.41) is 6.63. The lowest BCUT2D eigenvalue weighted by atomic mass is 9.96. The van der Waals surface area contributed by atoms with Crippen LogP contribution in [-0.2, 0) is 11.3 Å². The summed E-state index contributed by atoms with van der Waals surface area (Å²) < 4.78 is 48.1. The fraction of sp³-hybridized carbons (Fsp3) is 0.715. The second-order valence-corrected chi connectivity index (χ2v) is 44.6. The van der Waals surface area contributed by atoms with Gasteiger partial charge in [-0.05, 0) is 133 Å². The van der Waals surface area contributed by atoms with E-state index in [2.05, 4.69) is 94.6 Å². The number of anilines is 2. The largest absolute Gasteiger partial charge is 0.490 e. The first-order valence-electron chi connectivity index (χ1n) is 63.9. The van der Waals surface area contributed by atoms with E-state index >= 15 is 14.4 Å². The second kappa shape index (κ2) is 93.0. The Bertz CT molecular complexity index is 3800. The molecule has 0 radical (unpaired) electrons. The van der Waals surface area contributed by atoms with Gasteiger partial charge in [-0.25, -0.2) is 4.79 Å². The molecule has 0 heterocycles. The number of benzene rings is 6. The fourth-order valence-electron chi connectivity index (χ4n) is 21.1. The van der Waals surface area contributed by atoms with Gasteiger partial charge in [0, 0.05) is 22.5 Å². The van der Waals surface area contributed by atoms with Crippen LogP contribution < -0.4 is 39.1 Å². The lowest BCUT2D eigenvalue weighted by Crippen LogP contribution is -2.18. The molecule has 0 atom stereocenters. The third kappa shape index (κ3) is 65.1. The molecule has 2 amide bonds. The quantitative estimate of drug-likeness (QED) is 0.0280. The number of amides is 2. The number of ether oxygens (including phenoxy) is 7. The van der Waals surface area contributed by atoms with Crippen molar-refractivity contribution in [3.05, 3.63) is 143 Å². The zero-order valence-electron chi connectivity index (χ0n) is 97.4. The second-order valence-electron chi connectivity index (χ2n) is 44.6. The van der Waals surface area contributed by atoms with Crippen LogP contribution in [0.25, 0.3) is 22.3 Å². The summed E-state index contributed by atoms with van der Waals surface area (Å²) in [5.74, 6) is 1.53. The molecule has 0 fully saturated rings. The van der Waals surface area contributed by atoms with E-state index in [-0.39, 0.29) is 12.2 Å². The highest BCUT2D eigenvalue weighted by molar-refractivity contribution is 6.09. The standard InChI is InChI=1S/C137H224N2O10/c1-8-14-20-26-32-38-44-50-56-62-68-74-80-92-102-143-129-113-124(114-130(144-103-93-81-75-69-63-57-51-45-39-33-27-21-15-9-2)133(129)147-106-96-84-78-72-66-60-54-48-42-36-30-24-18-12-5)135(140)138-127-111-126(137(142)149-117-119-108-122(120-98-88-86-89-99-120)110-123(109-119)121-100-90-87-91-101-121)112-128(118(127)7)139-136(141)125-115-131(145-104-94-82-76-70-64-58-52-46-40-34-28-22-16-10-3)134(148-107-97-85-79-73-67-61-55-49-43-37-31-25-19-13-6)132(116-125)146-105-95-83-77-71-65-59-53-47-41-35-29-23-17-11-4/h86-91,98-101,108-116H,8-85,92-97,102-107,117H2,1-7H3,(H,138,140)(H,139,141). The van der Waals surface area contributed by atoms with Gasteiger partial charge in [-0.15, -0.1) is 0 Å². The molecule has 6 rings (SSSR count). The van der Waals surface area contributed by atoms with Gasteiger partial charge in [-0.1, -0.05) is 603 Å². The minimum atomic E-state index is -0.625. The molecule has 0 saturated carbocycles. The van der Waals surface area contributed by atoms with E-state index < -0.39 is 17.8 Å². The topological polar surface area (TPSA) is 140 Å². The number of hydrogen-bond acceptors (Lipinski definition) is 10. The molecular weight excluding hydrogens is 1830 g/mol. The van der Waals surface area contributed by atoms with Crippen molar-refractivity contribution in [2.75, 3.05) is 50.3 Å². The molecule has 0 unspecified atom stereocenters. The molecular formula is C137H224N2O10. The molecule has 12 nitrogen and oxygen atoms in total. The summed E-state index contributed by atoms with van der Waals surface area (Å²) in [6.45, 7) is 18.4. The van der Waals surface area contributed by atoms with Crippen LogP contribution in [0.15, 0.2) is 115 Å². The third-order valence-electron chi connectivity index (χ3n) is 30.8. The third-order valence-corrected chi connectivity index (χ3v) is 30.8. The zero-order chi connectivity index (χ0) is 106. The Labute approximate surface area is 915 Å². The Morgan fingerprint density at radius 1 is 0.201 bits per heavy atom. The average Bonchev–Trinajstić information content (AvgIpc) is 0.792. The Morgan fingerprint density at radius 2 is 0.389 bits per heavy atom. The Hall–Kier alpha value is -7.47. The normalized spacial score (nSPS) is 11.4. The summed E-state index contributed by atoms with van der Waals surface area (Å²) >= 11 is 0. The maximum atomic E-state index is 15.9. The number of nitrogens with one attached hydrogen (secondary N) is 2. The predicted molar refractivity (Wildman–Crippen MR) is 641 cm³/mol. The first-order valence-corrected chi connectivity index (χ1v) is 63.9. The minimum absolute atomic E-state index is 0.0488. The molecule has 6 aromatic rings. The minimum Gasteiger partial charge on any atom is -0.490 e. The van der Waals surface area contributed by atoms with Crippen molar-refractivity contribution >= 4 is 29.2 Å². The number of unbranched alkanes of at least 4 members (excludes halogenated alkanes) is 78. The molecule has 0 spiro atoms. The van der Waals surface area contributed by atoms with Crippen molar-refractivity contribution in [3.63, 3.8) is 0 Å². The van der Waals surface area contributed by atoms with Crippen molar-refractivity contribution in [3.8, 4) is 56.8 Å². The highest BCUT2D eigenvalue weighted by Gasteiger charge is 2.26. The summed E-state index contributed by atoms with van der Waals surface area (Å²) in [4.78, 5) is 47.2. The van der Waals surface area contributed by atoms with Crippen LogP contribution in [0.3, 0.4) is 0 Å². The average molecular weight is 2060 g/mol. The molecule has 0 bridgehead atoms. The predicted octanol–water partition coefficient (Wildman–Crippen LogP) is 44.4. The Morgan fingerprint density at radius 3 is 0.591 bits per heavy atom. The number of rotatable bonds is 105. The SMILES string of the molecule is CCCCCCCCCCCCCCCCOc1cc(C(=O)Nc2cc(C(=O)OCc3cc(-c4ccccc4)cc(-c4ccccc4)c3)cc(NC(=O)c3cc(OCCCCCCCCCCCCCCCC)c(OCCCCCCCCCCCCCCCC)c(OCCCCCCCCCCCCCCCC)c3)c2C)cc(OCCCCCCCCCCCCCCCC)c1OCCCCCCCCCCCCCCCC. The zero-order valence-corrected chi connectivity index (χ0v) is 97.4. The van der Waals surface area contributed by atoms with Gasteiger partial charge in [0.15, 0.2) is 23.0 Å². The van der Waals surface area contributed by atoms with Gasteiger partial charge in [0.2, 0.25) is 11.5 Å². The molecule has 0 aliphatic heterocycles. The van der Waals surface area contributed by atoms with E-state index in [0.29, 0.717) is 102 Å². The summed E-state index contributed by atoms with van der Waals surface area (Å²) in [6.07, 6.45) is 106. The molecule has 0 saturated heterocycles. The number of carbonyl (C=O) groups excluding carboxylic acids is 3. The Kier molecular flexibility index (Phi) is 81.2. The maximum absolute atomic E-state index is 15.9. The molecule has 12 heteroatoms. The smallest absolute Gasteiger partial charge is 0.338 e.